The summed E-state index contributed by atoms with van der Waals surface area (Å²) in [4.78, 5) is 12.0. The van der Waals surface area contributed by atoms with Crippen molar-refractivity contribution in [1.29, 1.82) is 0 Å². The molecular formula is C13H20O. The summed E-state index contributed by atoms with van der Waals surface area (Å²) in [6.45, 7) is 9.71. The fourth-order valence-electron chi connectivity index (χ4n) is 2.60. The van der Waals surface area contributed by atoms with Gasteiger partial charge in [-0.15, -0.1) is 13.2 Å². The second-order valence-corrected chi connectivity index (χ2v) is 4.36. The molecule has 1 rings (SSSR count). The van der Waals surface area contributed by atoms with Crippen LogP contribution >= 0.6 is 0 Å². The van der Waals surface area contributed by atoms with E-state index in [9.17, 15) is 4.79 Å². The predicted octanol–water partition coefficient (Wildman–Crippen LogP) is 3.51. The Bertz CT molecular complexity index is 230. The first-order valence-electron chi connectivity index (χ1n) is 5.42. The maximum atomic E-state index is 12.0. The molecule has 0 heterocycles. The van der Waals surface area contributed by atoms with Gasteiger partial charge < -0.3 is 0 Å². The SMILES string of the molecule is C=CCC1(CC=C)C(=O)CCCC1C. The van der Waals surface area contributed by atoms with Gasteiger partial charge in [0.1, 0.15) is 5.78 Å². The molecule has 1 fully saturated rings. The molecule has 1 aliphatic rings. The molecule has 0 spiro atoms. The number of hydrogen-bond acceptors (Lipinski definition) is 1. The van der Waals surface area contributed by atoms with Crippen LogP contribution in [0.1, 0.15) is 39.0 Å². The number of hydrogen-bond donors (Lipinski definition) is 0. The van der Waals surface area contributed by atoms with Gasteiger partial charge in [0.25, 0.3) is 0 Å². The van der Waals surface area contributed by atoms with Crippen LogP contribution in [0.15, 0.2) is 25.3 Å². The van der Waals surface area contributed by atoms with Crippen LogP contribution in [0.3, 0.4) is 0 Å². The number of carbonyl (C=O) groups is 1. The van der Waals surface area contributed by atoms with E-state index in [0.717, 1.165) is 32.1 Å². The van der Waals surface area contributed by atoms with E-state index in [4.69, 9.17) is 0 Å². The highest BCUT2D eigenvalue weighted by molar-refractivity contribution is 5.86. The first-order chi connectivity index (χ1) is 6.67. The van der Waals surface area contributed by atoms with Crippen molar-refractivity contribution in [3.63, 3.8) is 0 Å². The summed E-state index contributed by atoms with van der Waals surface area (Å²) in [7, 11) is 0. The average Bonchev–Trinajstić information content (AvgIpc) is 2.15. The van der Waals surface area contributed by atoms with E-state index in [1.807, 2.05) is 12.2 Å². The molecule has 1 saturated carbocycles. The van der Waals surface area contributed by atoms with Crippen molar-refractivity contribution in [3.8, 4) is 0 Å². The number of rotatable bonds is 4. The summed E-state index contributed by atoms with van der Waals surface area (Å²) >= 11 is 0. The number of carbonyl (C=O) groups excluding carboxylic acids is 1. The van der Waals surface area contributed by atoms with E-state index in [0.29, 0.717) is 11.7 Å². The van der Waals surface area contributed by atoms with E-state index in [-0.39, 0.29) is 5.41 Å². The molecule has 14 heavy (non-hydrogen) atoms. The van der Waals surface area contributed by atoms with Gasteiger partial charge in [-0.25, -0.2) is 0 Å². The molecule has 0 aromatic heterocycles. The largest absolute Gasteiger partial charge is 0.299 e. The Morgan fingerprint density at radius 1 is 1.43 bits per heavy atom. The van der Waals surface area contributed by atoms with Gasteiger partial charge in [0.2, 0.25) is 0 Å². The van der Waals surface area contributed by atoms with E-state index >= 15 is 0 Å². The Labute approximate surface area is 86.9 Å². The highest BCUT2D eigenvalue weighted by Gasteiger charge is 2.42. The number of ketones is 1. The molecule has 0 N–H and O–H groups in total. The molecule has 1 nitrogen and oxygen atoms in total. The Hall–Kier alpha value is -0.850. The normalized spacial score (nSPS) is 25.8. The van der Waals surface area contributed by atoms with Gasteiger partial charge in [-0.05, 0) is 31.6 Å². The molecule has 1 unspecified atom stereocenters. The number of Topliss-reactive ketones (excluding diaryl/α,β-unsaturated/α-hetero) is 1. The van der Waals surface area contributed by atoms with Gasteiger partial charge in [0.15, 0.2) is 0 Å². The Morgan fingerprint density at radius 2 is 2.00 bits per heavy atom. The Balaban J connectivity index is 2.93. The van der Waals surface area contributed by atoms with E-state index in [1.165, 1.54) is 0 Å². The van der Waals surface area contributed by atoms with Gasteiger partial charge in [-0.1, -0.05) is 19.1 Å². The van der Waals surface area contributed by atoms with Crippen LogP contribution in [-0.2, 0) is 4.79 Å². The van der Waals surface area contributed by atoms with Crippen molar-refractivity contribution in [1.82, 2.24) is 0 Å². The number of allylic oxidation sites excluding steroid dienone is 2. The summed E-state index contributed by atoms with van der Waals surface area (Å²) in [6, 6.07) is 0. The van der Waals surface area contributed by atoms with Gasteiger partial charge in [0.05, 0.1) is 0 Å². The predicted molar refractivity (Wildman–Crippen MR) is 60.1 cm³/mol. The van der Waals surface area contributed by atoms with Crippen molar-refractivity contribution in [2.75, 3.05) is 0 Å². The average molecular weight is 192 g/mol. The van der Waals surface area contributed by atoms with E-state index in [1.54, 1.807) is 0 Å². The van der Waals surface area contributed by atoms with Crippen LogP contribution in [0, 0.1) is 11.3 Å². The van der Waals surface area contributed by atoms with Gasteiger partial charge >= 0.3 is 0 Å². The summed E-state index contributed by atoms with van der Waals surface area (Å²) in [5.74, 6) is 0.885. The van der Waals surface area contributed by atoms with Crippen LogP contribution < -0.4 is 0 Å². The van der Waals surface area contributed by atoms with Crippen molar-refractivity contribution in [2.24, 2.45) is 11.3 Å². The minimum Gasteiger partial charge on any atom is -0.299 e. The molecule has 0 saturated heterocycles. The van der Waals surface area contributed by atoms with Crippen molar-refractivity contribution >= 4 is 5.78 Å². The molecule has 78 valence electrons. The minimum absolute atomic E-state index is 0.179. The highest BCUT2D eigenvalue weighted by atomic mass is 16.1. The smallest absolute Gasteiger partial charge is 0.139 e. The van der Waals surface area contributed by atoms with Gasteiger partial charge in [-0.2, -0.15) is 0 Å². The van der Waals surface area contributed by atoms with Crippen molar-refractivity contribution in [2.45, 2.75) is 39.0 Å². The molecule has 1 aliphatic carbocycles. The molecule has 0 radical (unpaired) electrons. The molecular weight excluding hydrogens is 172 g/mol. The zero-order valence-electron chi connectivity index (χ0n) is 9.09. The third-order valence-corrected chi connectivity index (χ3v) is 3.56. The summed E-state index contributed by atoms with van der Waals surface area (Å²) in [6.07, 6.45) is 8.32. The van der Waals surface area contributed by atoms with Crippen LogP contribution in [0.2, 0.25) is 0 Å². The molecule has 0 bridgehead atoms. The Kier molecular flexibility index (Phi) is 3.68. The van der Waals surface area contributed by atoms with Crippen molar-refractivity contribution in [3.05, 3.63) is 25.3 Å². The molecule has 0 amide bonds. The highest BCUT2D eigenvalue weighted by Crippen LogP contribution is 2.44. The van der Waals surface area contributed by atoms with Crippen LogP contribution in [0.5, 0.6) is 0 Å². The molecule has 0 aromatic carbocycles. The van der Waals surface area contributed by atoms with E-state index in [2.05, 4.69) is 20.1 Å². The second-order valence-electron chi connectivity index (χ2n) is 4.36. The lowest BCUT2D eigenvalue weighted by Gasteiger charge is -2.40. The van der Waals surface area contributed by atoms with Gasteiger partial charge in [0, 0.05) is 11.8 Å². The lowest BCUT2D eigenvalue weighted by molar-refractivity contribution is -0.134. The maximum absolute atomic E-state index is 12.0. The second kappa shape index (κ2) is 4.59. The van der Waals surface area contributed by atoms with E-state index < -0.39 is 0 Å². The molecule has 1 heteroatoms. The summed E-state index contributed by atoms with van der Waals surface area (Å²) in [5.41, 5.74) is -0.179. The zero-order valence-corrected chi connectivity index (χ0v) is 9.09. The first-order valence-corrected chi connectivity index (χ1v) is 5.42. The van der Waals surface area contributed by atoms with Crippen LogP contribution in [0.25, 0.3) is 0 Å². The molecule has 0 aliphatic heterocycles. The quantitative estimate of drug-likeness (QED) is 0.623. The lowest BCUT2D eigenvalue weighted by Crippen LogP contribution is -2.40. The standard InChI is InChI=1S/C13H20O/c1-4-9-13(10-5-2)11(3)7-6-8-12(13)14/h4-5,11H,1-2,6-10H2,3H3. The Morgan fingerprint density at radius 3 is 2.43 bits per heavy atom. The third kappa shape index (κ3) is 1.82. The van der Waals surface area contributed by atoms with Gasteiger partial charge in [-0.3, -0.25) is 4.79 Å². The monoisotopic (exact) mass is 192 g/mol. The fraction of sp³-hybridized carbons (Fsp3) is 0.615. The minimum atomic E-state index is -0.179. The summed E-state index contributed by atoms with van der Waals surface area (Å²) in [5, 5.41) is 0. The maximum Gasteiger partial charge on any atom is 0.139 e. The lowest BCUT2D eigenvalue weighted by atomic mass is 9.62. The zero-order chi connectivity index (χ0) is 10.6. The fourth-order valence-corrected chi connectivity index (χ4v) is 2.60. The topological polar surface area (TPSA) is 17.1 Å². The third-order valence-electron chi connectivity index (χ3n) is 3.56. The van der Waals surface area contributed by atoms with Crippen LogP contribution in [-0.4, -0.2) is 5.78 Å². The molecule has 1 atom stereocenters. The first kappa shape index (κ1) is 11.2. The van der Waals surface area contributed by atoms with Crippen LogP contribution in [0.4, 0.5) is 0 Å². The van der Waals surface area contributed by atoms with Crippen molar-refractivity contribution < 1.29 is 4.79 Å². The summed E-state index contributed by atoms with van der Waals surface area (Å²) < 4.78 is 0. The molecule has 0 aromatic rings.